The molecule has 0 radical (unpaired) electrons. The zero-order valence-electron chi connectivity index (χ0n) is 14.4. The van der Waals surface area contributed by atoms with E-state index in [1.807, 2.05) is 13.8 Å². The first-order valence-corrected chi connectivity index (χ1v) is 8.68. The molecule has 0 aliphatic carbocycles. The van der Waals surface area contributed by atoms with Crippen molar-refractivity contribution in [3.05, 3.63) is 26.6 Å². The molecular weight excluding hydrogens is 352 g/mol. The fraction of sp³-hybridized carbons (Fsp3) is 0.562. The average Bonchev–Trinajstić information content (AvgIpc) is 2.83. The number of alkyl halides is 2. The van der Waals surface area contributed by atoms with E-state index < -0.39 is 18.9 Å². The van der Waals surface area contributed by atoms with Crippen LogP contribution < -0.4 is 5.56 Å². The number of halogens is 2. The Kier molecular flexibility index (Phi) is 6.60. The van der Waals surface area contributed by atoms with Crippen molar-refractivity contribution in [2.24, 2.45) is 0 Å². The number of carbonyl (C=O) groups excluding carboxylic acids is 1. The molecule has 25 heavy (non-hydrogen) atoms. The highest BCUT2D eigenvalue weighted by Crippen LogP contribution is 2.25. The molecule has 0 aliphatic rings. The minimum Gasteiger partial charge on any atom is -0.383 e. The van der Waals surface area contributed by atoms with E-state index in [0.717, 1.165) is 15.3 Å². The number of carbonyl (C=O) groups is 1. The van der Waals surface area contributed by atoms with Crippen LogP contribution in [0.2, 0.25) is 0 Å². The number of aryl methyl sites for hydroxylation is 3. The van der Waals surface area contributed by atoms with E-state index in [-0.39, 0.29) is 31.6 Å². The number of aromatic amines is 1. The molecule has 0 atom stereocenters. The van der Waals surface area contributed by atoms with Crippen LogP contribution >= 0.6 is 11.3 Å². The lowest BCUT2D eigenvalue weighted by Gasteiger charge is -2.21. The summed E-state index contributed by atoms with van der Waals surface area (Å²) < 4.78 is 30.1. The summed E-state index contributed by atoms with van der Waals surface area (Å²) in [6.45, 7) is 3.45. The lowest BCUT2D eigenvalue weighted by molar-refractivity contribution is -0.133. The smallest absolute Gasteiger partial charge is 0.259 e. The predicted molar refractivity (Wildman–Crippen MR) is 92.5 cm³/mol. The van der Waals surface area contributed by atoms with Crippen molar-refractivity contribution < 1.29 is 18.3 Å². The normalized spacial score (nSPS) is 11.4. The second-order valence-electron chi connectivity index (χ2n) is 5.70. The van der Waals surface area contributed by atoms with E-state index in [0.29, 0.717) is 16.0 Å². The van der Waals surface area contributed by atoms with Crippen molar-refractivity contribution in [1.29, 1.82) is 0 Å². The molecule has 2 rings (SSSR count). The first-order chi connectivity index (χ1) is 11.8. The van der Waals surface area contributed by atoms with Gasteiger partial charge in [-0.1, -0.05) is 0 Å². The first kappa shape index (κ1) is 19.5. The van der Waals surface area contributed by atoms with Gasteiger partial charge in [0.15, 0.2) is 0 Å². The van der Waals surface area contributed by atoms with Crippen molar-refractivity contribution in [3.63, 3.8) is 0 Å². The Morgan fingerprint density at radius 2 is 2.12 bits per heavy atom. The van der Waals surface area contributed by atoms with Crippen LogP contribution in [0, 0.1) is 13.8 Å². The molecule has 1 N–H and O–H groups in total. The van der Waals surface area contributed by atoms with Crippen LogP contribution in [0.5, 0.6) is 0 Å². The third-order valence-corrected chi connectivity index (χ3v) is 5.04. The minimum absolute atomic E-state index is 0.00573. The molecule has 6 nitrogen and oxygen atoms in total. The third-order valence-electron chi connectivity index (χ3n) is 3.94. The summed E-state index contributed by atoms with van der Waals surface area (Å²) in [4.78, 5) is 34.2. The van der Waals surface area contributed by atoms with Crippen LogP contribution in [0.15, 0.2) is 4.79 Å². The minimum atomic E-state index is -2.60. The number of fused-ring (bicyclic) bond motifs is 1. The van der Waals surface area contributed by atoms with Crippen LogP contribution in [-0.4, -0.2) is 54.0 Å². The highest BCUT2D eigenvalue weighted by molar-refractivity contribution is 7.18. The van der Waals surface area contributed by atoms with Gasteiger partial charge in [0, 0.05) is 31.4 Å². The molecule has 2 heterocycles. The number of nitrogens with one attached hydrogen (secondary N) is 1. The molecule has 0 saturated carbocycles. The molecule has 0 aliphatic heterocycles. The number of nitrogens with zero attached hydrogens (tertiary/aromatic N) is 2. The van der Waals surface area contributed by atoms with Gasteiger partial charge < -0.3 is 14.6 Å². The van der Waals surface area contributed by atoms with Gasteiger partial charge in [-0.3, -0.25) is 9.59 Å². The predicted octanol–water partition coefficient (Wildman–Crippen LogP) is 2.27. The molecule has 2 aromatic heterocycles. The van der Waals surface area contributed by atoms with Gasteiger partial charge in [-0.05, 0) is 19.4 Å². The van der Waals surface area contributed by atoms with E-state index >= 15 is 0 Å². The molecule has 0 fully saturated rings. The topological polar surface area (TPSA) is 75.3 Å². The number of methoxy groups -OCH3 is 1. The Balaban J connectivity index is 2.10. The zero-order valence-corrected chi connectivity index (χ0v) is 15.2. The Bertz CT molecular complexity index is 804. The maximum absolute atomic E-state index is 12.6. The number of ether oxygens (including phenoxy) is 1. The quantitative estimate of drug-likeness (QED) is 0.770. The van der Waals surface area contributed by atoms with E-state index in [1.54, 1.807) is 0 Å². The van der Waals surface area contributed by atoms with Crippen molar-refractivity contribution >= 4 is 27.5 Å². The maximum Gasteiger partial charge on any atom is 0.259 e. The van der Waals surface area contributed by atoms with Crippen LogP contribution in [0.4, 0.5) is 8.78 Å². The molecule has 2 aromatic rings. The summed E-state index contributed by atoms with van der Waals surface area (Å²) in [5.74, 6) is -0.0329. The van der Waals surface area contributed by atoms with Gasteiger partial charge in [0.1, 0.15) is 10.7 Å². The average molecular weight is 373 g/mol. The van der Waals surface area contributed by atoms with E-state index in [9.17, 15) is 18.4 Å². The van der Waals surface area contributed by atoms with Gasteiger partial charge in [0.25, 0.3) is 12.0 Å². The molecule has 0 spiro atoms. The van der Waals surface area contributed by atoms with Crippen molar-refractivity contribution in [3.8, 4) is 0 Å². The molecule has 0 aromatic carbocycles. The standard InChI is InChI=1S/C16H21F2N3O3S/c1-9-10(2)25-16-14(9)15(23)19-12(20-16)4-5-13(22)21(6-7-24-3)8-11(17)18/h11H,4-8H2,1-3H3,(H,19,20,23). The van der Waals surface area contributed by atoms with Crippen molar-refractivity contribution in [2.75, 3.05) is 26.8 Å². The first-order valence-electron chi connectivity index (χ1n) is 7.87. The summed E-state index contributed by atoms with van der Waals surface area (Å²) in [6, 6.07) is 0. The Morgan fingerprint density at radius 1 is 1.40 bits per heavy atom. The molecule has 1 amide bonds. The maximum atomic E-state index is 12.6. The fourth-order valence-corrected chi connectivity index (χ4v) is 3.54. The summed E-state index contributed by atoms with van der Waals surface area (Å²) in [5.41, 5.74) is 0.664. The van der Waals surface area contributed by atoms with Gasteiger partial charge in [0.05, 0.1) is 18.5 Å². The largest absolute Gasteiger partial charge is 0.383 e. The Hall–Kier alpha value is -1.87. The number of amides is 1. The second-order valence-corrected chi connectivity index (χ2v) is 6.90. The Labute approximate surface area is 147 Å². The van der Waals surface area contributed by atoms with Gasteiger partial charge >= 0.3 is 0 Å². The monoisotopic (exact) mass is 373 g/mol. The lowest BCUT2D eigenvalue weighted by atomic mass is 10.2. The number of rotatable bonds is 8. The van der Waals surface area contributed by atoms with Crippen molar-refractivity contribution in [1.82, 2.24) is 14.9 Å². The molecular formula is C16H21F2N3O3S. The lowest BCUT2D eigenvalue weighted by Crippen LogP contribution is -2.37. The summed E-state index contributed by atoms with van der Waals surface area (Å²) in [6.07, 6.45) is -2.42. The number of H-pyrrole nitrogens is 1. The molecule has 138 valence electrons. The molecule has 0 bridgehead atoms. The van der Waals surface area contributed by atoms with Crippen LogP contribution in [0.25, 0.3) is 10.2 Å². The van der Waals surface area contributed by atoms with Gasteiger partial charge in [-0.2, -0.15) is 0 Å². The molecule has 0 saturated heterocycles. The van der Waals surface area contributed by atoms with E-state index in [4.69, 9.17) is 4.74 Å². The molecule has 0 unspecified atom stereocenters. The number of aromatic nitrogens is 2. The SMILES string of the molecule is COCCN(CC(F)F)C(=O)CCc1nc2sc(C)c(C)c2c(=O)[nH]1. The van der Waals surface area contributed by atoms with Gasteiger partial charge in [-0.25, -0.2) is 13.8 Å². The van der Waals surface area contributed by atoms with E-state index in [2.05, 4.69) is 9.97 Å². The number of hydrogen-bond donors (Lipinski definition) is 1. The number of thiophene rings is 1. The second kappa shape index (κ2) is 8.48. The van der Waals surface area contributed by atoms with Gasteiger partial charge in [0.2, 0.25) is 5.91 Å². The van der Waals surface area contributed by atoms with Crippen molar-refractivity contribution in [2.45, 2.75) is 33.1 Å². The summed E-state index contributed by atoms with van der Waals surface area (Å²) in [7, 11) is 1.44. The summed E-state index contributed by atoms with van der Waals surface area (Å²) >= 11 is 1.43. The molecule has 9 heteroatoms. The van der Waals surface area contributed by atoms with E-state index in [1.165, 1.54) is 18.4 Å². The highest BCUT2D eigenvalue weighted by Gasteiger charge is 2.19. The zero-order chi connectivity index (χ0) is 18.6. The Morgan fingerprint density at radius 3 is 2.76 bits per heavy atom. The third kappa shape index (κ3) is 4.82. The van der Waals surface area contributed by atoms with Crippen LogP contribution in [0.1, 0.15) is 22.7 Å². The van der Waals surface area contributed by atoms with Gasteiger partial charge in [-0.15, -0.1) is 11.3 Å². The summed E-state index contributed by atoms with van der Waals surface area (Å²) in [5, 5.41) is 0.567. The number of hydrogen-bond acceptors (Lipinski definition) is 5. The van der Waals surface area contributed by atoms with Crippen LogP contribution in [-0.2, 0) is 16.0 Å². The fourth-order valence-electron chi connectivity index (χ4n) is 2.49. The highest BCUT2D eigenvalue weighted by atomic mass is 32.1. The van der Waals surface area contributed by atoms with Crippen LogP contribution in [0.3, 0.4) is 0 Å².